The molecule has 1 aromatic heterocycles. The molecule has 1 heterocycles. The van der Waals surface area contributed by atoms with Crippen LogP contribution in [0.3, 0.4) is 0 Å². The second kappa shape index (κ2) is 4.72. The number of carbonyl (C=O) groups is 1. The maximum absolute atomic E-state index is 11.6. The van der Waals surface area contributed by atoms with Crippen molar-refractivity contribution in [2.45, 2.75) is 20.8 Å². The van der Waals surface area contributed by atoms with Gasteiger partial charge in [0.25, 0.3) is 0 Å². The number of carboxylic acid groups (broad SMARTS) is 1. The van der Waals surface area contributed by atoms with Crippen molar-refractivity contribution >= 4 is 5.97 Å². The molecule has 0 amide bonds. The monoisotopic (exact) mass is 257 g/mol. The summed E-state index contributed by atoms with van der Waals surface area (Å²) in [5.74, 6) is -1.20. The van der Waals surface area contributed by atoms with E-state index in [2.05, 4.69) is 0 Å². The molecule has 0 bridgehead atoms. The van der Waals surface area contributed by atoms with Crippen molar-refractivity contribution in [3.05, 3.63) is 63.1 Å². The van der Waals surface area contributed by atoms with E-state index in [9.17, 15) is 9.59 Å². The van der Waals surface area contributed by atoms with Crippen molar-refractivity contribution in [3.8, 4) is 5.69 Å². The van der Waals surface area contributed by atoms with Crippen LogP contribution in [0.5, 0.6) is 0 Å². The van der Waals surface area contributed by atoms with Crippen LogP contribution in [-0.4, -0.2) is 15.6 Å². The summed E-state index contributed by atoms with van der Waals surface area (Å²) in [7, 11) is 0. The summed E-state index contributed by atoms with van der Waals surface area (Å²) < 4.78 is 1.76. The summed E-state index contributed by atoms with van der Waals surface area (Å²) in [5.41, 5.74) is 3.02. The van der Waals surface area contributed by atoms with Crippen LogP contribution in [0.4, 0.5) is 0 Å². The van der Waals surface area contributed by atoms with Crippen LogP contribution in [0.15, 0.2) is 35.3 Å². The molecule has 2 aromatic rings. The van der Waals surface area contributed by atoms with E-state index in [1.165, 1.54) is 12.3 Å². The van der Waals surface area contributed by atoms with Crippen LogP contribution < -0.4 is 5.43 Å². The number of para-hydroxylation sites is 1. The number of pyridine rings is 1. The summed E-state index contributed by atoms with van der Waals surface area (Å²) in [6, 6.07) is 7.22. The summed E-state index contributed by atoms with van der Waals surface area (Å²) in [5, 5.41) is 9.05. The Hall–Kier alpha value is -2.36. The summed E-state index contributed by atoms with van der Waals surface area (Å²) in [4.78, 5) is 22.7. The Labute approximate surface area is 110 Å². The molecule has 98 valence electrons. The normalized spacial score (nSPS) is 10.5. The van der Waals surface area contributed by atoms with Gasteiger partial charge in [0.15, 0.2) is 5.43 Å². The molecule has 1 N–H and O–H groups in total. The zero-order chi connectivity index (χ0) is 14.2. The first-order valence-electron chi connectivity index (χ1n) is 5.95. The molecule has 19 heavy (non-hydrogen) atoms. The van der Waals surface area contributed by atoms with Gasteiger partial charge in [-0.2, -0.15) is 0 Å². The number of nitrogens with zero attached hydrogens (tertiary/aromatic N) is 1. The molecule has 0 aliphatic rings. The average Bonchev–Trinajstić information content (AvgIpc) is 2.30. The molecular weight excluding hydrogens is 242 g/mol. The lowest BCUT2D eigenvalue weighted by molar-refractivity contribution is 0.0694. The fraction of sp³-hybridized carbons (Fsp3) is 0.200. The lowest BCUT2D eigenvalue weighted by Crippen LogP contribution is -2.19. The van der Waals surface area contributed by atoms with E-state index in [1.54, 1.807) is 11.5 Å². The van der Waals surface area contributed by atoms with E-state index < -0.39 is 11.4 Å². The minimum atomic E-state index is -1.20. The number of aryl methyl sites for hydroxylation is 3. The predicted molar refractivity (Wildman–Crippen MR) is 73.2 cm³/mol. The molecule has 0 spiro atoms. The van der Waals surface area contributed by atoms with Gasteiger partial charge in [-0.15, -0.1) is 0 Å². The molecule has 2 rings (SSSR count). The van der Waals surface area contributed by atoms with Gasteiger partial charge >= 0.3 is 5.97 Å². The van der Waals surface area contributed by atoms with Crippen LogP contribution in [0, 0.1) is 20.8 Å². The minimum Gasteiger partial charge on any atom is -0.477 e. The van der Waals surface area contributed by atoms with Gasteiger partial charge in [0, 0.05) is 18.0 Å². The van der Waals surface area contributed by atoms with Crippen molar-refractivity contribution in [1.29, 1.82) is 0 Å². The van der Waals surface area contributed by atoms with E-state index in [0.29, 0.717) is 5.69 Å². The van der Waals surface area contributed by atoms with Crippen molar-refractivity contribution in [2.24, 2.45) is 0 Å². The summed E-state index contributed by atoms with van der Waals surface area (Å²) in [6.07, 6.45) is 1.40. The predicted octanol–water partition coefficient (Wildman–Crippen LogP) is 2.46. The Kier molecular flexibility index (Phi) is 3.25. The first kappa shape index (κ1) is 13.1. The maximum atomic E-state index is 11.6. The average molecular weight is 257 g/mol. The van der Waals surface area contributed by atoms with Crippen molar-refractivity contribution in [2.75, 3.05) is 0 Å². The summed E-state index contributed by atoms with van der Waals surface area (Å²) in [6.45, 7) is 5.71. The smallest absolute Gasteiger partial charge is 0.341 e. The fourth-order valence-corrected chi connectivity index (χ4v) is 2.22. The van der Waals surface area contributed by atoms with E-state index in [0.717, 1.165) is 16.8 Å². The molecule has 0 fully saturated rings. The Bertz CT molecular complexity index is 694. The molecule has 0 unspecified atom stereocenters. The van der Waals surface area contributed by atoms with E-state index in [1.807, 2.05) is 32.0 Å². The third kappa shape index (κ3) is 2.29. The lowest BCUT2D eigenvalue weighted by atomic mass is 10.1. The molecule has 4 heteroatoms. The fourth-order valence-electron chi connectivity index (χ4n) is 2.22. The number of aromatic carboxylic acids is 1. The molecule has 4 nitrogen and oxygen atoms in total. The number of hydrogen-bond donors (Lipinski definition) is 1. The van der Waals surface area contributed by atoms with Gasteiger partial charge in [0.2, 0.25) is 0 Å². The number of benzene rings is 1. The van der Waals surface area contributed by atoms with Crippen LogP contribution in [-0.2, 0) is 0 Å². The molecule has 0 saturated heterocycles. The van der Waals surface area contributed by atoms with Gasteiger partial charge in [-0.05, 0) is 31.9 Å². The number of aromatic nitrogens is 1. The second-order valence-electron chi connectivity index (χ2n) is 4.61. The van der Waals surface area contributed by atoms with Crippen molar-refractivity contribution < 1.29 is 9.90 Å². The van der Waals surface area contributed by atoms with E-state index in [4.69, 9.17) is 5.11 Å². The van der Waals surface area contributed by atoms with Crippen molar-refractivity contribution in [1.82, 2.24) is 4.57 Å². The van der Waals surface area contributed by atoms with Crippen LogP contribution >= 0.6 is 0 Å². The van der Waals surface area contributed by atoms with Crippen molar-refractivity contribution in [3.63, 3.8) is 0 Å². The first-order chi connectivity index (χ1) is 8.91. The van der Waals surface area contributed by atoms with Gasteiger partial charge in [0.1, 0.15) is 5.56 Å². The van der Waals surface area contributed by atoms with Gasteiger partial charge in [-0.3, -0.25) is 4.79 Å². The highest BCUT2D eigenvalue weighted by Gasteiger charge is 2.13. The third-order valence-corrected chi connectivity index (χ3v) is 3.15. The number of rotatable bonds is 2. The Morgan fingerprint density at radius 2 is 1.74 bits per heavy atom. The first-order valence-corrected chi connectivity index (χ1v) is 5.95. The Balaban J connectivity index is 2.80. The molecular formula is C15H15NO3. The Morgan fingerprint density at radius 3 is 2.26 bits per heavy atom. The number of carboxylic acids is 1. The lowest BCUT2D eigenvalue weighted by Gasteiger charge is -2.16. The second-order valence-corrected chi connectivity index (χ2v) is 4.61. The van der Waals surface area contributed by atoms with Gasteiger partial charge in [0.05, 0.1) is 5.69 Å². The van der Waals surface area contributed by atoms with E-state index >= 15 is 0 Å². The largest absolute Gasteiger partial charge is 0.477 e. The zero-order valence-corrected chi connectivity index (χ0v) is 11.1. The zero-order valence-electron chi connectivity index (χ0n) is 11.1. The molecule has 1 aromatic carbocycles. The number of hydrogen-bond acceptors (Lipinski definition) is 2. The van der Waals surface area contributed by atoms with Gasteiger partial charge in [-0.25, -0.2) is 4.79 Å². The van der Waals surface area contributed by atoms with Gasteiger partial charge < -0.3 is 9.67 Å². The highest BCUT2D eigenvalue weighted by molar-refractivity contribution is 5.87. The highest BCUT2D eigenvalue weighted by atomic mass is 16.4. The highest BCUT2D eigenvalue weighted by Crippen LogP contribution is 2.20. The maximum Gasteiger partial charge on any atom is 0.341 e. The van der Waals surface area contributed by atoms with Crippen LogP contribution in [0.25, 0.3) is 5.69 Å². The SMILES string of the molecule is Cc1cccc(C)c1-n1cc(C(=O)O)c(=O)cc1C. The molecule has 0 saturated carbocycles. The molecule has 0 radical (unpaired) electrons. The van der Waals surface area contributed by atoms with Gasteiger partial charge in [-0.1, -0.05) is 18.2 Å². The molecule has 0 atom stereocenters. The molecule has 0 aliphatic carbocycles. The standard InChI is InChI=1S/C15H15NO3/c1-9-5-4-6-10(2)14(9)16-8-12(15(18)19)13(17)7-11(16)3/h4-8H,1-3H3,(H,18,19). The third-order valence-electron chi connectivity index (χ3n) is 3.15. The minimum absolute atomic E-state index is 0.215. The van der Waals surface area contributed by atoms with E-state index in [-0.39, 0.29) is 5.56 Å². The van der Waals surface area contributed by atoms with Crippen LogP contribution in [0.2, 0.25) is 0 Å². The Morgan fingerprint density at radius 1 is 1.16 bits per heavy atom. The molecule has 0 aliphatic heterocycles. The summed E-state index contributed by atoms with van der Waals surface area (Å²) >= 11 is 0. The quantitative estimate of drug-likeness (QED) is 0.899. The van der Waals surface area contributed by atoms with Crippen LogP contribution in [0.1, 0.15) is 27.2 Å². The topological polar surface area (TPSA) is 59.3 Å².